The molecule has 1 aromatic rings. The minimum absolute atomic E-state index is 0.722. The summed E-state index contributed by atoms with van der Waals surface area (Å²) in [6.45, 7) is 2.06. The fourth-order valence-corrected chi connectivity index (χ4v) is 3.53. The van der Waals surface area contributed by atoms with Crippen molar-refractivity contribution in [2.24, 2.45) is 5.92 Å². The van der Waals surface area contributed by atoms with Crippen LogP contribution in [0.3, 0.4) is 0 Å². The summed E-state index contributed by atoms with van der Waals surface area (Å²) in [5, 5.41) is 4.49. The molecular formula is C17H25ClN2. The van der Waals surface area contributed by atoms with Crippen molar-refractivity contribution in [3.05, 3.63) is 28.8 Å². The zero-order valence-corrected chi connectivity index (χ0v) is 13.1. The second kappa shape index (κ2) is 6.36. The van der Waals surface area contributed by atoms with E-state index < -0.39 is 0 Å². The molecule has 2 fully saturated rings. The summed E-state index contributed by atoms with van der Waals surface area (Å²) < 4.78 is 0. The Balaban J connectivity index is 1.70. The normalized spacial score (nSPS) is 19.5. The number of hydrogen-bond donors (Lipinski definition) is 1. The molecule has 0 amide bonds. The monoisotopic (exact) mass is 292 g/mol. The van der Waals surface area contributed by atoms with E-state index in [1.54, 1.807) is 0 Å². The Kier molecular flexibility index (Phi) is 4.52. The number of nitrogens with one attached hydrogen (secondary N) is 1. The molecule has 110 valence electrons. The third kappa shape index (κ3) is 3.48. The fraction of sp³-hybridized carbons (Fsp3) is 0.647. The second-order valence-electron chi connectivity index (χ2n) is 6.42. The maximum Gasteiger partial charge on any atom is 0.0471 e. The van der Waals surface area contributed by atoms with Crippen molar-refractivity contribution in [3.63, 3.8) is 0 Å². The first-order valence-electron chi connectivity index (χ1n) is 7.96. The summed E-state index contributed by atoms with van der Waals surface area (Å²) in [5.74, 6) is 0.864. The van der Waals surface area contributed by atoms with Crippen LogP contribution in [0.4, 0.5) is 5.69 Å². The van der Waals surface area contributed by atoms with Gasteiger partial charge in [-0.1, -0.05) is 30.5 Å². The van der Waals surface area contributed by atoms with Crippen molar-refractivity contribution in [1.29, 1.82) is 0 Å². The molecule has 0 saturated heterocycles. The van der Waals surface area contributed by atoms with Crippen LogP contribution < -0.4 is 10.2 Å². The van der Waals surface area contributed by atoms with E-state index in [1.165, 1.54) is 49.8 Å². The van der Waals surface area contributed by atoms with Crippen LogP contribution in [-0.4, -0.2) is 19.6 Å². The Labute approximate surface area is 127 Å². The van der Waals surface area contributed by atoms with Gasteiger partial charge >= 0.3 is 0 Å². The highest BCUT2D eigenvalue weighted by Crippen LogP contribution is 2.31. The van der Waals surface area contributed by atoms with Crippen LogP contribution in [-0.2, 0) is 6.54 Å². The van der Waals surface area contributed by atoms with E-state index in [0.29, 0.717) is 0 Å². The highest BCUT2D eigenvalue weighted by Gasteiger charge is 2.22. The van der Waals surface area contributed by atoms with Gasteiger partial charge in [-0.3, -0.25) is 0 Å². The minimum atomic E-state index is 0.722. The van der Waals surface area contributed by atoms with Crippen molar-refractivity contribution >= 4 is 17.3 Å². The van der Waals surface area contributed by atoms with Crippen LogP contribution in [0.15, 0.2) is 18.2 Å². The van der Waals surface area contributed by atoms with E-state index >= 15 is 0 Å². The van der Waals surface area contributed by atoms with Gasteiger partial charge < -0.3 is 10.2 Å². The van der Waals surface area contributed by atoms with Gasteiger partial charge in [-0.25, -0.2) is 0 Å². The molecule has 2 aliphatic rings. The molecule has 2 saturated carbocycles. The number of halogens is 1. The van der Waals surface area contributed by atoms with Crippen LogP contribution in [0.2, 0.25) is 5.02 Å². The first-order chi connectivity index (χ1) is 9.74. The number of hydrogen-bond acceptors (Lipinski definition) is 2. The SMILES string of the molecule is CN(CC1CCCC1)c1cccc(Cl)c1CNC1CC1. The molecule has 20 heavy (non-hydrogen) atoms. The molecule has 0 atom stereocenters. The molecule has 2 nitrogen and oxygen atoms in total. The summed E-state index contributed by atoms with van der Waals surface area (Å²) in [6, 6.07) is 7.02. The zero-order valence-electron chi connectivity index (χ0n) is 12.4. The lowest BCUT2D eigenvalue weighted by Crippen LogP contribution is -2.26. The van der Waals surface area contributed by atoms with Gasteiger partial charge in [0.15, 0.2) is 0 Å². The van der Waals surface area contributed by atoms with Crippen LogP contribution >= 0.6 is 11.6 Å². The lowest BCUT2D eigenvalue weighted by atomic mass is 10.1. The Bertz CT molecular complexity index is 450. The summed E-state index contributed by atoms with van der Waals surface area (Å²) in [4.78, 5) is 2.41. The minimum Gasteiger partial charge on any atom is -0.374 e. The van der Waals surface area contributed by atoms with Crippen molar-refractivity contribution in [2.75, 3.05) is 18.5 Å². The lowest BCUT2D eigenvalue weighted by molar-refractivity contribution is 0.545. The molecule has 3 rings (SSSR count). The molecule has 0 aromatic heterocycles. The molecular weight excluding hydrogens is 268 g/mol. The average Bonchev–Trinajstić information content (AvgIpc) is 3.13. The fourth-order valence-electron chi connectivity index (χ4n) is 3.29. The van der Waals surface area contributed by atoms with Gasteiger partial charge in [-0.2, -0.15) is 0 Å². The summed E-state index contributed by atoms with van der Waals surface area (Å²) in [6.07, 6.45) is 8.23. The predicted molar refractivity (Wildman–Crippen MR) is 86.5 cm³/mol. The van der Waals surface area contributed by atoms with Gasteiger partial charge in [0.1, 0.15) is 0 Å². The molecule has 3 heteroatoms. The summed E-state index contributed by atoms with van der Waals surface area (Å²) in [5.41, 5.74) is 2.57. The van der Waals surface area contributed by atoms with E-state index in [2.05, 4.69) is 29.4 Å². The number of benzene rings is 1. The van der Waals surface area contributed by atoms with Gasteiger partial charge in [0.2, 0.25) is 0 Å². The maximum absolute atomic E-state index is 6.43. The Morgan fingerprint density at radius 3 is 2.65 bits per heavy atom. The zero-order chi connectivity index (χ0) is 13.9. The molecule has 0 heterocycles. The molecule has 0 spiro atoms. The maximum atomic E-state index is 6.43. The Morgan fingerprint density at radius 1 is 1.20 bits per heavy atom. The first-order valence-corrected chi connectivity index (χ1v) is 8.34. The number of nitrogens with zero attached hydrogens (tertiary/aromatic N) is 1. The Morgan fingerprint density at radius 2 is 1.95 bits per heavy atom. The van der Waals surface area contributed by atoms with Crippen molar-refractivity contribution in [3.8, 4) is 0 Å². The van der Waals surface area contributed by atoms with E-state index in [4.69, 9.17) is 11.6 Å². The van der Waals surface area contributed by atoms with E-state index in [0.717, 1.165) is 30.1 Å². The van der Waals surface area contributed by atoms with Crippen LogP contribution in [0.25, 0.3) is 0 Å². The molecule has 1 aromatic carbocycles. The highest BCUT2D eigenvalue weighted by molar-refractivity contribution is 6.31. The van der Waals surface area contributed by atoms with Crippen LogP contribution in [0.1, 0.15) is 44.1 Å². The molecule has 2 aliphatic carbocycles. The molecule has 0 radical (unpaired) electrons. The third-order valence-corrected chi connectivity index (χ3v) is 5.01. The van der Waals surface area contributed by atoms with Gasteiger partial charge in [0.05, 0.1) is 0 Å². The van der Waals surface area contributed by atoms with Gasteiger partial charge in [-0.15, -0.1) is 0 Å². The second-order valence-corrected chi connectivity index (χ2v) is 6.83. The molecule has 0 aliphatic heterocycles. The van der Waals surface area contributed by atoms with Gasteiger partial charge in [0.25, 0.3) is 0 Å². The summed E-state index contributed by atoms with van der Waals surface area (Å²) in [7, 11) is 2.21. The standard InChI is InChI=1S/C17H25ClN2/c1-20(12-13-5-2-3-6-13)17-8-4-7-16(18)15(17)11-19-14-9-10-14/h4,7-8,13-14,19H,2-3,5-6,9-12H2,1H3. The number of anilines is 1. The highest BCUT2D eigenvalue weighted by atomic mass is 35.5. The van der Waals surface area contributed by atoms with Crippen LogP contribution in [0, 0.1) is 5.92 Å². The lowest BCUT2D eigenvalue weighted by Gasteiger charge is -2.26. The van der Waals surface area contributed by atoms with Gasteiger partial charge in [0, 0.05) is 42.5 Å². The van der Waals surface area contributed by atoms with Crippen molar-refractivity contribution in [1.82, 2.24) is 5.32 Å². The topological polar surface area (TPSA) is 15.3 Å². The largest absolute Gasteiger partial charge is 0.374 e. The predicted octanol–water partition coefficient (Wildman–Crippen LogP) is 4.22. The van der Waals surface area contributed by atoms with Crippen molar-refractivity contribution in [2.45, 2.75) is 51.1 Å². The summed E-state index contributed by atoms with van der Waals surface area (Å²) >= 11 is 6.43. The molecule has 0 unspecified atom stereocenters. The Hall–Kier alpha value is -0.730. The van der Waals surface area contributed by atoms with Crippen LogP contribution in [0.5, 0.6) is 0 Å². The first kappa shape index (κ1) is 14.2. The third-order valence-electron chi connectivity index (χ3n) is 4.66. The van der Waals surface area contributed by atoms with Crippen molar-refractivity contribution < 1.29 is 0 Å². The smallest absolute Gasteiger partial charge is 0.0471 e. The molecule has 0 bridgehead atoms. The quantitative estimate of drug-likeness (QED) is 0.844. The average molecular weight is 293 g/mol. The van der Waals surface area contributed by atoms with E-state index in [1.807, 2.05) is 6.07 Å². The van der Waals surface area contributed by atoms with E-state index in [9.17, 15) is 0 Å². The van der Waals surface area contributed by atoms with E-state index in [-0.39, 0.29) is 0 Å². The number of rotatable bonds is 6. The van der Waals surface area contributed by atoms with Gasteiger partial charge in [-0.05, 0) is 43.7 Å². The molecule has 1 N–H and O–H groups in total.